The van der Waals surface area contributed by atoms with Crippen LogP contribution in [0.4, 0.5) is 0 Å². The Balaban J connectivity index is 2.26. The molecule has 2 aromatic rings. The molecule has 2 rings (SSSR count). The van der Waals surface area contributed by atoms with E-state index in [2.05, 4.69) is 32.6 Å². The lowest BCUT2D eigenvalue weighted by atomic mass is 10.1. The maximum Gasteiger partial charge on any atom is 0.122 e. The predicted molar refractivity (Wildman–Crippen MR) is 89.0 cm³/mol. The van der Waals surface area contributed by atoms with Crippen LogP contribution in [0.5, 0.6) is 0 Å². The number of aliphatic hydroxyl groups excluding tert-OH is 1. The fourth-order valence-electron chi connectivity index (χ4n) is 1.92. The van der Waals surface area contributed by atoms with Crippen molar-refractivity contribution in [3.05, 3.63) is 50.3 Å². The van der Waals surface area contributed by atoms with Crippen molar-refractivity contribution in [3.8, 4) is 0 Å². The number of hydrogen-bond acceptors (Lipinski definition) is 3. The maximum atomic E-state index is 10.5. The van der Waals surface area contributed by atoms with Crippen LogP contribution in [0.2, 0.25) is 5.02 Å². The van der Waals surface area contributed by atoms with E-state index in [1.165, 1.54) is 0 Å². The topological polar surface area (TPSA) is 41.3 Å². The lowest BCUT2D eigenvalue weighted by molar-refractivity contribution is 0.205. The highest BCUT2D eigenvalue weighted by molar-refractivity contribution is 14.1. The lowest BCUT2D eigenvalue weighted by Gasteiger charge is -2.16. The summed E-state index contributed by atoms with van der Waals surface area (Å²) in [6.07, 6.45) is 0.826. The Hall–Kier alpha value is -0.630. The summed E-state index contributed by atoms with van der Waals surface area (Å²) >= 11 is 8.41. The van der Waals surface area contributed by atoms with Gasteiger partial charge in [0.1, 0.15) is 6.10 Å². The van der Waals surface area contributed by atoms with E-state index in [9.17, 15) is 5.11 Å². The van der Waals surface area contributed by atoms with E-state index in [0.717, 1.165) is 15.7 Å². The van der Waals surface area contributed by atoms with Gasteiger partial charge in [0.25, 0.3) is 0 Å². The maximum absolute atomic E-state index is 10.5. The zero-order valence-corrected chi connectivity index (χ0v) is 14.3. The average Bonchev–Trinajstić information content (AvgIpc) is 2.77. The third-order valence-electron chi connectivity index (χ3n) is 3.04. The Kier molecular flexibility index (Phi) is 5.42. The number of nitrogens with zero attached hydrogens (tertiary/aromatic N) is 3. The van der Waals surface area contributed by atoms with Gasteiger partial charge in [-0.2, -0.15) is 5.10 Å². The van der Waals surface area contributed by atoms with E-state index in [1.807, 2.05) is 38.4 Å². The van der Waals surface area contributed by atoms with Gasteiger partial charge in [0.15, 0.2) is 0 Å². The molecule has 0 saturated heterocycles. The van der Waals surface area contributed by atoms with Crippen LogP contribution >= 0.6 is 34.2 Å². The SMILES string of the molecule is CN(C)CCn1ncc(Cl)c1C(O)c1ccc(I)cc1. The molecular weight excluding hydrogens is 389 g/mol. The monoisotopic (exact) mass is 405 g/mol. The molecule has 0 aliphatic carbocycles. The highest BCUT2D eigenvalue weighted by atomic mass is 127. The van der Waals surface area contributed by atoms with E-state index in [-0.39, 0.29) is 0 Å². The van der Waals surface area contributed by atoms with Crippen LogP contribution < -0.4 is 0 Å². The first-order chi connectivity index (χ1) is 9.49. The van der Waals surface area contributed by atoms with Gasteiger partial charge in [-0.25, -0.2) is 0 Å². The standard InChI is InChI=1S/C14H17ClIN3O/c1-18(2)7-8-19-13(12(15)9-17-19)14(20)10-3-5-11(16)6-4-10/h3-6,9,14,20H,7-8H2,1-2H3. The first-order valence-corrected chi connectivity index (χ1v) is 7.74. The van der Waals surface area contributed by atoms with Crippen molar-refractivity contribution < 1.29 is 5.11 Å². The van der Waals surface area contributed by atoms with Gasteiger partial charge in [0, 0.05) is 10.1 Å². The van der Waals surface area contributed by atoms with Gasteiger partial charge in [-0.1, -0.05) is 23.7 Å². The second-order valence-corrected chi connectivity index (χ2v) is 6.51. The number of halogens is 2. The van der Waals surface area contributed by atoms with Crippen molar-refractivity contribution in [2.75, 3.05) is 20.6 Å². The van der Waals surface area contributed by atoms with Gasteiger partial charge in [-0.3, -0.25) is 4.68 Å². The van der Waals surface area contributed by atoms with E-state index < -0.39 is 6.10 Å². The largest absolute Gasteiger partial charge is 0.382 e. The highest BCUT2D eigenvalue weighted by Gasteiger charge is 2.19. The zero-order chi connectivity index (χ0) is 14.7. The number of aromatic nitrogens is 2. The molecule has 0 saturated carbocycles. The minimum atomic E-state index is -0.760. The second kappa shape index (κ2) is 6.89. The van der Waals surface area contributed by atoms with Gasteiger partial charge in [-0.05, 0) is 54.4 Å². The van der Waals surface area contributed by atoms with E-state index >= 15 is 0 Å². The summed E-state index contributed by atoms with van der Waals surface area (Å²) in [5.74, 6) is 0. The second-order valence-electron chi connectivity index (χ2n) is 4.86. The molecule has 0 aliphatic heterocycles. The van der Waals surface area contributed by atoms with E-state index in [0.29, 0.717) is 17.3 Å². The molecule has 1 heterocycles. The third-order valence-corrected chi connectivity index (χ3v) is 4.05. The van der Waals surface area contributed by atoms with E-state index in [1.54, 1.807) is 10.9 Å². The summed E-state index contributed by atoms with van der Waals surface area (Å²) in [4.78, 5) is 2.07. The van der Waals surface area contributed by atoms with Crippen molar-refractivity contribution in [1.29, 1.82) is 0 Å². The molecule has 108 valence electrons. The molecule has 0 aliphatic rings. The van der Waals surface area contributed by atoms with Crippen LogP contribution in [-0.4, -0.2) is 40.4 Å². The minimum absolute atomic E-state index is 0.495. The van der Waals surface area contributed by atoms with Crippen LogP contribution in [0.15, 0.2) is 30.5 Å². The number of benzene rings is 1. The molecule has 1 unspecified atom stereocenters. The Labute approximate surface area is 137 Å². The molecule has 0 bridgehead atoms. The summed E-state index contributed by atoms with van der Waals surface area (Å²) < 4.78 is 2.90. The first-order valence-electron chi connectivity index (χ1n) is 6.28. The van der Waals surface area contributed by atoms with Crippen molar-refractivity contribution in [1.82, 2.24) is 14.7 Å². The van der Waals surface area contributed by atoms with Crippen LogP contribution in [-0.2, 0) is 6.54 Å². The zero-order valence-electron chi connectivity index (χ0n) is 11.4. The first kappa shape index (κ1) is 15.8. The molecule has 1 aromatic carbocycles. The number of rotatable bonds is 5. The Morgan fingerprint density at radius 3 is 2.60 bits per heavy atom. The summed E-state index contributed by atoms with van der Waals surface area (Å²) in [5, 5.41) is 15.3. The van der Waals surface area contributed by atoms with Crippen LogP contribution in [0, 0.1) is 3.57 Å². The van der Waals surface area contributed by atoms with E-state index in [4.69, 9.17) is 11.6 Å². The molecule has 4 nitrogen and oxygen atoms in total. The van der Waals surface area contributed by atoms with Crippen molar-refractivity contribution in [3.63, 3.8) is 0 Å². The van der Waals surface area contributed by atoms with Crippen LogP contribution in [0.1, 0.15) is 17.4 Å². The molecular formula is C14H17ClIN3O. The Morgan fingerprint density at radius 2 is 2.00 bits per heavy atom. The third kappa shape index (κ3) is 3.72. The average molecular weight is 406 g/mol. The van der Waals surface area contributed by atoms with Gasteiger partial charge < -0.3 is 10.0 Å². The molecule has 0 radical (unpaired) electrons. The van der Waals surface area contributed by atoms with Gasteiger partial charge in [-0.15, -0.1) is 0 Å². The molecule has 0 amide bonds. The van der Waals surface area contributed by atoms with Crippen molar-refractivity contribution in [2.45, 2.75) is 12.6 Å². The molecule has 1 aromatic heterocycles. The van der Waals surface area contributed by atoms with Crippen molar-refractivity contribution in [2.24, 2.45) is 0 Å². The summed E-state index contributed by atoms with van der Waals surface area (Å²) in [6.45, 7) is 1.53. The quantitative estimate of drug-likeness (QED) is 0.778. The summed E-state index contributed by atoms with van der Waals surface area (Å²) in [5.41, 5.74) is 1.47. The molecule has 1 N–H and O–H groups in total. The number of likely N-dealkylation sites (N-methyl/N-ethyl adjacent to an activating group) is 1. The molecule has 0 spiro atoms. The molecule has 1 atom stereocenters. The smallest absolute Gasteiger partial charge is 0.122 e. The number of aliphatic hydroxyl groups is 1. The van der Waals surface area contributed by atoms with Crippen LogP contribution in [0.3, 0.4) is 0 Å². The summed E-state index contributed by atoms with van der Waals surface area (Å²) in [7, 11) is 4.00. The van der Waals surface area contributed by atoms with Gasteiger partial charge >= 0.3 is 0 Å². The fourth-order valence-corrected chi connectivity index (χ4v) is 2.52. The Bertz CT molecular complexity index is 568. The highest BCUT2D eigenvalue weighted by Crippen LogP contribution is 2.28. The predicted octanol–water partition coefficient (Wildman–Crippen LogP) is 2.78. The van der Waals surface area contributed by atoms with Crippen LogP contribution in [0.25, 0.3) is 0 Å². The van der Waals surface area contributed by atoms with Crippen molar-refractivity contribution >= 4 is 34.2 Å². The molecule has 0 fully saturated rings. The molecule has 6 heteroatoms. The lowest BCUT2D eigenvalue weighted by Crippen LogP contribution is -2.21. The van der Waals surface area contributed by atoms with Gasteiger partial charge in [0.05, 0.1) is 23.5 Å². The minimum Gasteiger partial charge on any atom is -0.382 e. The number of hydrogen-bond donors (Lipinski definition) is 1. The van der Waals surface area contributed by atoms with Gasteiger partial charge in [0.2, 0.25) is 0 Å². The normalized spacial score (nSPS) is 12.9. The Morgan fingerprint density at radius 1 is 1.35 bits per heavy atom. The fraction of sp³-hybridized carbons (Fsp3) is 0.357. The summed E-state index contributed by atoms with van der Waals surface area (Å²) in [6, 6.07) is 7.75. The molecule has 20 heavy (non-hydrogen) atoms.